The zero-order chi connectivity index (χ0) is 12.8. The van der Waals surface area contributed by atoms with Gasteiger partial charge in [0.1, 0.15) is 6.20 Å². The monoisotopic (exact) mass is 237 g/mol. The Morgan fingerprint density at radius 3 is 2.71 bits per heavy atom. The van der Waals surface area contributed by atoms with Crippen LogP contribution in [0.3, 0.4) is 0 Å². The third kappa shape index (κ3) is 3.24. The fourth-order valence-corrected chi connectivity index (χ4v) is 1.50. The van der Waals surface area contributed by atoms with Crippen LogP contribution in [0.1, 0.15) is 30.6 Å². The molecule has 0 aliphatic heterocycles. The Bertz CT molecular complexity index is 420. The van der Waals surface area contributed by atoms with Gasteiger partial charge in [0.05, 0.1) is 10.5 Å². The summed E-state index contributed by atoms with van der Waals surface area (Å²) in [5, 5.41) is 10.6. The van der Waals surface area contributed by atoms with E-state index >= 15 is 0 Å². The number of hydrogen-bond donors (Lipinski definition) is 0. The van der Waals surface area contributed by atoms with Crippen LogP contribution in [-0.4, -0.2) is 33.8 Å². The van der Waals surface area contributed by atoms with Crippen LogP contribution in [0.25, 0.3) is 0 Å². The van der Waals surface area contributed by atoms with Crippen LogP contribution in [0.5, 0.6) is 0 Å². The summed E-state index contributed by atoms with van der Waals surface area (Å²) in [4.78, 5) is 27.4. The van der Waals surface area contributed by atoms with Gasteiger partial charge in [-0.25, -0.2) is 0 Å². The number of nitrogens with zero attached hydrogens (tertiary/aromatic N) is 3. The van der Waals surface area contributed by atoms with E-state index in [1.807, 2.05) is 13.8 Å². The number of amides is 1. The van der Waals surface area contributed by atoms with E-state index in [0.29, 0.717) is 13.1 Å². The van der Waals surface area contributed by atoms with Gasteiger partial charge in [-0.1, -0.05) is 6.92 Å². The lowest BCUT2D eigenvalue weighted by Gasteiger charge is -2.19. The molecule has 0 spiro atoms. The van der Waals surface area contributed by atoms with E-state index in [1.54, 1.807) is 4.90 Å². The maximum Gasteiger partial charge on any atom is 0.288 e. The first kappa shape index (κ1) is 13.1. The lowest BCUT2D eigenvalue weighted by molar-refractivity contribution is -0.385. The average molecular weight is 237 g/mol. The fourth-order valence-electron chi connectivity index (χ4n) is 1.50. The number of pyridine rings is 1. The number of carbonyl (C=O) groups excluding carboxylic acids is 1. The van der Waals surface area contributed by atoms with Crippen molar-refractivity contribution in [2.24, 2.45) is 0 Å². The van der Waals surface area contributed by atoms with E-state index in [1.165, 1.54) is 12.3 Å². The first-order chi connectivity index (χ1) is 8.10. The number of aromatic nitrogens is 1. The van der Waals surface area contributed by atoms with Gasteiger partial charge in [0.15, 0.2) is 0 Å². The zero-order valence-electron chi connectivity index (χ0n) is 9.92. The molecule has 92 valence electrons. The van der Waals surface area contributed by atoms with Crippen molar-refractivity contribution in [3.8, 4) is 0 Å². The Kier molecular flexibility index (Phi) is 4.56. The van der Waals surface area contributed by atoms with Crippen LogP contribution in [0.15, 0.2) is 18.5 Å². The van der Waals surface area contributed by atoms with Gasteiger partial charge in [0.2, 0.25) is 0 Å². The quantitative estimate of drug-likeness (QED) is 0.578. The van der Waals surface area contributed by atoms with Gasteiger partial charge in [0, 0.05) is 25.4 Å². The largest absolute Gasteiger partial charge is 0.339 e. The highest BCUT2D eigenvalue weighted by Crippen LogP contribution is 2.13. The lowest BCUT2D eigenvalue weighted by atomic mass is 10.2. The Hall–Kier alpha value is -1.98. The van der Waals surface area contributed by atoms with Crippen LogP contribution in [0.2, 0.25) is 0 Å². The average Bonchev–Trinajstić information content (AvgIpc) is 2.35. The van der Waals surface area contributed by atoms with Gasteiger partial charge in [-0.15, -0.1) is 0 Å². The molecule has 0 radical (unpaired) electrons. The maximum atomic E-state index is 12.0. The molecule has 0 aromatic carbocycles. The molecule has 1 aromatic rings. The van der Waals surface area contributed by atoms with E-state index in [9.17, 15) is 14.9 Å². The van der Waals surface area contributed by atoms with Gasteiger partial charge in [-0.2, -0.15) is 0 Å². The highest BCUT2D eigenvalue weighted by atomic mass is 16.6. The second kappa shape index (κ2) is 5.93. The molecular formula is C11H15N3O3. The van der Waals surface area contributed by atoms with E-state index < -0.39 is 4.92 Å². The summed E-state index contributed by atoms with van der Waals surface area (Å²) in [5.74, 6) is -0.217. The van der Waals surface area contributed by atoms with E-state index in [2.05, 4.69) is 4.98 Å². The van der Waals surface area contributed by atoms with Crippen LogP contribution in [-0.2, 0) is 0 Å². The van der Waals surface area contributed by atoms with Crippen molar-refractivity contribution in [2.45, 2.75) is 20.3 Å². The Labute approximate surface area is 99.4 Å². The summed E-state index contributed by atoms with van der Waals surface area (Å²) in [6.45, 7) is 5.06. The molecule has 0 N–H and O–H groups in total. The Morgan fingerprint density at radius 1 is 1.47 bits per heavy atom. The summed E-state index contributed by atoms with van der Waals surface area (Å²) in [5.41, 5.74) is 0.0953. The van der Waals surface area contributed by atoms with E-state index in [0.717, 1.165) is 12.6 Å². The molecule has 1 rings (SSSR count). The number of nitro groups is 1. The number of hydrogen-bond acceptors (Lipinski definition) is 4. The lowest BCUT2D eigenvalue weighted by Crippen LogP contribution is -2.31. The third-order valence-electron chi connectivity index (χ3n) is 2.34. The molecule has 0 bridgehead atoms. The van der Waals surface area contributed by atoms with Gasteiger partial charge in [-0.3, -0.25) is 19.9 Å². The van der Waals surface area contributed by atoms with Crippen LogP contribution in [0, 0.1) is 10.1 Å². The Morgan fingerprint density at radius 2 is 2.18 bits per heavy atom. The normalized spacial score (nSPS) is 10.0. The molecule has 0 aliphatic rings. The van der Waals surface area contributed by atoms with Crippen molar-refractivity contribution >= 4 is 11.6 Å². The van der Waals surface area contributed by atoms with Gasteiger partial charge < -0.3 is 4.90 Å². The molecule has 1 amide bonds. The van der Waals surface area contributed by atoms with Crippen LogP contribution >= 0.6 is 0 Å². The predicted molar refractivity (Wildman–Crippen MR) is 62.8 cm³/mol. The summed E-state index contributed by atoms with van der Waals surface area (Å²) in [6, 6.07) is 1.26. The number of rotatable bonds is 5. The van der Waals surface area contributed by atoms with Gasteiger partial charge in [0.25, 0.3) is 11.6 Å². The molecule has 6 heteroatoms. The third-order valence-corrected chi connectivity index (χ3v) is 2.34. The maximum absolute atomic E-state index is 12.0. The van der Waals surface area contributed by atoms with Gasteiger partial charge >= 0.3 is 0 Å². The first-order valence-electron chi connectivity index (χ1n) is 5.48. The van der Waals surface area contributed by atoms with Crippen molar-refractivity contribution < 1.29 is 9.72 Å². The van der Waals surface area contributed by atoms with Crippen LogP contribution < -0.4 is 0 Å². The van der Waals surface area contributed by atoms with Crippen molar-refractivity contribution in [3.05, 3.63) is 34.1 Å². The second-order valence-corrected chi connectivity index (χ2v) is 3.57. The molecule has 0 unspecified atom stereocenters. The van der Waals surface area contributed by atoms with Crippen molar-refractivity contribution in [1.29, 1.82) is 0 Å². The Balaban J connectivity index is 2.95. The molecular weight excluding hydrogens is 222 g/mol. The van der Waals surface area contributed by atoms with Gasteiger partial charge in [-0.05, 0) is 13.3 Å². The molecule has 1 heterocycles. The molecule has 6 nitrogen and oxygen atoms in total. The second-order valence-electron chi connectivity index (χ2n) is 3.57. The predicted octanol–water partition coefficient (Wildman–Crippen LogP) is 1.86. The molecule has 17 heavy (non-hydrogen) atoms. The molecule has 0 saturated heterocycles. The minimum atomic E-state index is -0.556. The minimum absolute atomic E-state index is 0.164. The van der Waals surface area contributed by atoms with E-state index in [4.69, 9.17) is 0 Å². The van der Waals surface area contributed by atoms with E-state index in [-0.39, 0.29) is 17.2 Å². The van der Waals surface area contributed by atoms with Crippen LogP contribution in [0.4, 0.5) is 5.69 Å². The summed E-state index contributed by atoms with van der Waals surface area (Å²) < 4.78 is 0. The van der Waals surface area contributed by atoms with Crippen molar-refractivity contribution in [2.75, 3.05) is 13.1 Å². The first-order valence-corrected chi connectivity index (χ1v) is 5.48. The smallest absolute Gasteiger partial charge is 0.288 e. The molecule has 0 saturated carbocycles. The summed E-state index contributed by atoms with van der Waals surface area (Å²) in [6.07, 6.45) is 3.34. The highest BCUT2D eigenvalue weighted by Gasteiger charge is 2.16. The molecule has 1 aromatic heterocycles. The number of carbonyl (C=O) groups is 1. The highest BCUT2D eigenvalue weighted by molar-refractivity contribution is 5.94. The molecule has 0 fully saturated rings. The standard InChI is InChI=1S/C11H15N3O3/c1-3-5-13(4-2)11(15)9-6-10(14(16)17)8-12-7-9/h6-8H,3-5H2,1-2H3. The zero-order valence-corrected chi connectivity index (χ0v) is 9.92. The fraction of sp³-hybridized carbons (Fsp3) is 0.455. The topological polar surface area (TPSA) is 76.3 Å². The summed E-state index contributed by atoms with van der Waals surface area (Å²) >= 11 is 0. The minimum Gasteiger partial charge on any atom is -0.339 e. The molecule has 0 atom stereocenters. The summed E-state index contributed by atoms with van der Waals surface area (Å²) in [7, 11) is 0. The SMILES string of the molecule is CCCN(CC)C(=O)c1cncc([N+](=O)[O-])c1. The molecule has 0 aliphatic carbocycles. The van der Waals surface area contributed by atoms with Crippen molar-refractivity contribution in [1.82, 2.24) is 9.88 Å². The van der Waals surface area contributed by atoms with Crippen molar-refractivity contribution in [3.63, 3.8) is 0 Å².